The number of amides is 1. The molecule has 0 bridgehead atoms. The van der Waals surface area contributed by atoms with Gasteiger partial charge in [0.1, 0.15) is 18.0 Å². The highest BCUT2D eigenvalue weighted by Crippen LogP contribution is 2.28. The van der Waals surface area contributed by atoms with Crippen LogP contribution in [0.1, 0.15) is 25.7 Å². The van der Waals surface area contributed by atoms with E-state index < -0.39 is 48.8 Å². The van der Waals surface area contributed by atoms with Crippen molar-refractivity contribution >= 4 is 5.91 Å². The molecule has 2 aliphatic rings. The lowest BCUT2D eigenvalue weighted by atomic mass is 9.81. The number of carbonyl (C=O) groups is 1. The van der Waals surface area contributed by atoms with Gasteiger partial charge in [-0.15, -0.1) is 0 Å². The second-order valence-corrected chi connectivity index (χ2v) is 8.34. The van der Waals surface area contributed by atoms with Crippen molar-refractivity contribution in [1.29, 1.82) is 0 Å². The summed E-state index contributed by atoms with van der Waals surface area (Å²) >= 11 is 0. The van der Waals surface area contributed by atoms with Crippen molar-refractivity contribution in [1.82, 2.24) is 10.6 Å². The van der Waals surface area contributed by atoms with Crippen molar-refractivity contribution in [3.05, 3.63) is 11.8 Å². The number of rotatable bonds is 11. The van der Waals surface area contributed by atoms with Crippen molar-refractivity contribution in [2.75, 3.05) is 27.2 Å². The number of hydrogen-bond acceptors (Lipinski definition) is 11. The summed E-state index contributed by atoms with van der Waals surface area (Å²) in [6, 6.07) is -2.43. The third-order valence-corrected chi connectivity index (χ3v) is 6.04. The summed E-state index contributed by atoms with van der Waals surface area (Å²) in [5.74, 6) is 0.252. The Hall–Kier alpha value is -1.35. The van der Waals surface area contributed by atoms with E-state index in [0.29, 0.717) is 25.1 Å². The Bertz CT molecular complexity index is 625. The fraction of sp³-hybridized carbons (Fsp3) is 0.850. The molecule has 1 aliphatic heterocycles. The van der Waals surface area contributed by atoms with E-state index in [1.165, 1.54) is 7.11 Å². The second-order valence-electron chi connectivity index (χ2n) is 8.34. The van der Waals surface area contributed by atoms with Crippen molar-refractivity contribution in [3.8, 4) is 0 Å². The summed E-state index contributed by atoms with van der Waals surface area (Å²) in [7, 11) is 3.08. The quantitative estimate of drug-likeness (QED) is 0.152. The van der Waals surface area contributed by atoms with Crippen LogP contribution in [0.15, 0.2) is 11.8 Å². The van der Waals surface area contributed by atoms with Gasteiger partial charge in [0.2, 0.25) is 12.2 Å². The zero-order chi connectivity index (χ0) is 23.8. The normalized spacial score (nSPS) is 36.2. The molecule has 1 fully saturated rings. The zero-order valence-corrected chi connectivity index (χ0v) is 18.9. The molecule has 0 saturated heterocycles. The number of nitrogens with one attached hydrogen (secondary N) is 2. The molecule has 0 spiro atoms. The third-order valence-electron chi connectivity index (χ3n) is 6.04. The van der Waals surface area contributed by atoms with Crippen LogP contribution in [-0.2, 0) is 19.0 Å². The summed E-state index contributed by atoms with van der Waals surface area (Å²) in [6.45, 7) is 0.666. The molecule has 0 aromatic rings. The average molecular weight is 461 g/mol. The predicted octanol–water partition coefficient (Wildman–Crippen LogP) is -3.43. The van der Waals surface area contributed by atoms with Gasteiger partial charge >= 0.3 is 0 Å². The predicted molar refractivity (Wildman–Crippen MR) is 118 cm³/mol. The molecule has 186 valence electrons. The maximum absolute atomic E-state index is 12.5. The SMILES string of the molecule is CN[C@H]1[C@@H](O)[C@H](O[C@H]2OC(CN)=CC[C@@H]2NC(=O)C[C@@H](N)CCCN)[C@@H](N)[C@H](O)[C@@H]1OC. The van der Waals surface area contributed by atoms with Crippen molar-refractivity contribution < 1.29 is 29.2 Å². The van der Waals surface area contributed by atoms with Crippen LogP contribution in [0.3, 0.4) is 0 Å². The number of ether oxygens (including phenoxy) is 3. The number of methoxy groups -OCH3 is 1. The smallest absolute Gasteiger partial charge is 0.222 e. The van der Waals surface area contributed by atoms with Crippen molar-refractivity contribution in [2.45, 2.75) is 80.6 Å². The largest absolute Gasteiger partial charge is 0.466 e. The number of hydrogen-bond donors (Lipinski definition) is 8. The van der Waals surface area contributed by atoms with E-state index in [1.54, 1.807) is 13.1 Å². The van der Waals surface area contributed by atoms with Crippen LogP contribution in [0.5, 0.6) is 0 Å². The van der Waals surface area contributed by atoms with Crippen LogP contribution >= 0.6 is 0 Å². The first-order chi connectivity index (χ1) is 15.3. The number of carbonyl (C=O) groups excluding carboxylic acids is 1. The Kier molecular flexibility index (Phi) is 10.7. The van der Waals surface area contributed by atoms with E-state index in [9.17, 15) is 15.0 Å². The Morgan fingerprint density at radius 3 is 2.62 bits per heavy atom. The Morgan fingerprint density at radius 1 is 1.31 bits per heavy atom. The van der Waals surface area contributed by atoms with Gasteiger partial charge in [-0.25, -0.2) is 0 Å². The number of aliphatic hydroxyl groups excluding tert-OH is 2. The maximum atomic E-state index is 12.5. The Morgan fingerprint density at radius 2 is 2.03 bits per heavy atom. The maximum Gasteiger partial charge on any atom is 0.222 e. The molecule has 1 aliphatic carbocycles. The molecular formula is C20H40N6O6. The van der Waals surface area contributed by atoms with Gasteiger partial charge in [0.05, 0.1) is 36.9 Å². The van der Waals surface area contributed by atoms with Gasteiger partial charge in [0.25, 0.3) is 0 Å². The summed E-state index contributed by atoms with van der Waals surface area (Å²) < 4.78 is 17.2. The zero-order valence-electron chi connectivity index (χ0n) is 18.9. The standard InChI is InChI=1S/C20H40N6O6/c1-25-15-17(29)18(14(24)16(28)19(15)30-2)32-20-12(6-5-11(9-22)31-20)26-13(27)8-10(23)4-3-7-21/h5,10,12,14-20,25,28-29H,3-4,6-9,21-24H2,1-2H3,(H,26,27)/t10-,12-,14-,15-,16-,17+,18+,19+,20+/m0/s1. The number of nitrogens with two attached hydrogens (primary N) is 4. The van der Waals surface area contributed by atoms with Gasteiger partial charge in [-0.3, -0.25) is 4.79 Å². The lowest BCUT2D eigenvalue weighted by Gasteiger charge is -2.47. The fourth-order valence-corrected chi connectivity index (χ4v) is 4.22. The van der Waals surface area contributed by atoms with Gasteiger partial charge in [0, 0.05) is 19.6 Å². The van der Waals surface area contributed by atoms with Crippen LogP contribution in [0, 0.1) is 0 Å². The monoisotopic (exact) mass is 460 g/mol. The summed E-state index contributed by atoms with van der Waals surface area (Å²) in [5, 5.41) is 27.3. The average Bonchev–Trinajstić information content (AvgIpc) is 2.78. The summed E-state index contributed by atoms with van der Waals surface area (Å²) in [6.07, 6.45) is -1.13. The minimum Gasteiger partial charge on any atom is -0.466 e. The number of aliphatic hydroxyl groups is 2. The lowest BCUT2D eigenvalue weighted by molar-refractivity contribution is -0.232. The molecule has 12 heteroatoms. The van der Waals surface area contributed by atoms with Gasteiger partial charge in [-0.1, -0.05) is 0 Å². The van der Waals surface area contributed by atoms with E-state index >= 15 is 0 Å². The van der Waals surface area contributed by atoms with E-state index in [1.807, 2.05) is 0 Å². The molecule has 9 atom stereocenters. The summed E-state index contributed by atoms with van der Waals surface area (Å²) in [4.78, 5) is 12.5. The van der Waals surface area contributed by atoms with E-state index in [4.69, 9.17) is 37.1 Å². The molecule has 1 saturated carbocycles. The van der Waals surface area contributed by atoms with Crippen LogP contribution < -0.4 is 33.6 Å². The molecule has 1 heterocycles. The molecule has 0 radical (unpaired) electrons. The Labute approximate surface area is 189 Å². The van der Waals surface area contributed by atoms with Crippen molar-refractivity contribution in [2.24, 2.45) is 22.9 Å². The topological polar surface area (TPSA) is 213 Å². The second kappa shape index (κ2) is 12.8. The molecule has 32 heavy (non-hydrogen) atoms. The molecule has 0 unspecified atom stereocenters. The molecule has 0 aromatic heterocycles. The minimum atomic E-state index is -1.10. The lowest BCUT2D eigenvalue weighted by Crippen LogP contribution is -2.71. The highest BCUT2D eigenvalue weighted by molar-refractivity contribution is 5.77. The highest BCUT2D eigenvalue weighted by atomic mass is 16.7. The van der Waals surface area contributed by atoms with Gasteiger partial charge in [-0.05, 0) is 38.9 Å². The minimum absolute atomic E-state index is 0.137. The van der Waals surface area contributed by atoms with Crippen LogP contribution in [0.4, 0.5) is 0 Å². The van der Waals surface area contributed by atoms with Gasteiger partial charge in [0.15, 0.2) is 0 Å². The van der Waals surface area contributed by atoms with Crippen molar-refractivity contribution in [3.63, 3.8) is 0 Å². The van der Waals surface area contributed by atoms with Gasteiger partial charge < -0.3 is 58.0 Å². The van der Waals surface area contributed by atoms with E-state index in [2.05, 4.69) is 10.6 Å². The molecule has 12 N–H and O–H groups in total. The van der Waals surface area contributed by atoms with Crippen LogP contribution in [0.25, 0.3) is 0 Å². The van der Waals surface area contributed by atoms with Crippen LogP contribution in [-0.4, -0.2) is 98.2 Å². The first-order valence-electron chi connectivity index (χ1n) is 11.0. The fourth-order valence-electron chi connectivity index (χ4n) is 4.22. The molecule has 1 amide bonds. The molecule has 12 nitrogen and oxygen atoms in total. The van der Waals surface area contributed by atoms with E-state index in [-0.39, 0.29) is 24.9 Å². The third kappa shape index (κ3) is 6.59. The molecule has 0 aromatic carbocycles. The van der Waals surface area contributed by atoms with Gasteiger partial charge in [-0.2, -0.15) is 0 Å². The first-order valence-corrected chi connectivity index (χ1v) is 11.0. The summed E-state index contributed by atoms with van der Waals surface area (Å²) in [5.41, 5.74) is 23.4. The van der Waals surface area contributed by atoms with Crippen LogP contribution in [0.2, 0.25) is 0 Å². The highest BCUT2D eigenvalue weighted by Gasteiger charge is 2.50. The molecular weight excluding hydrogens is 420 g/mol. The van der Waals surface area contributed by atoms with E-state index in [0.717, 1.165) is 6.42 Å². The first kappa shape index (κ1) is 26.9. The number of likely N-dealkylation sites (N-methyl/N-ethyl adjacent to an activating group) is 1. The molecule has 2 rings (SSSR count). The Balaban J connectivity index is 2.11.